The number of ether oxygens (including phenoxy) is 1. The Morgan fingerprint density at radius 3 is 3.15 bits per heavy atom. The molecule has 0 radical (unpaired) electrons. The third-order valence-corrected chi connectivity index (χ3v) is 3.89. The fourth-order valence-corrected chi connectivity index (χ4v) is 2.67. The number of nitrogens with one attached hydrogen (secondary N) is 1. The molecular weight excluding hydrogens is 272 g/mol. The van der Waals surface area contributed by atoms with E-state index in [9.17, 15) is 5.11 Å². The highest BCUT2D eigenvalue weighted by Crippen LogP contribution is 2.27. The number of unbranched alkanes of at least 4 members (excludes halogenated alkanes) is 2. The maximum atomic E-state index is 9.89. The Labute approximate surface area is 123 Å². The molecule has 0 spiro atoms. The summed E-state index contributed by atoms with van der Waals surface area (Å²) in [6, 6.07) is 5.88. The van der Waals surface area contributed by atoms with Gasteiger partial charge in [0.25, 0.3) is 0 Å². The molecule has 4 nitrogen and oxygen atoms in total. The van der Waals surface area contributed by atoms with Gasteiger partial charge in [-0.1, -0.05) is 25.8 Å². The van der Waals surface area contributed by atoms with Crippen molar-refractivity contribution in [1.82, 2.24) is 9.69 Å². The zero-order valence-electron chi connectivity index (χ0n) is 11.8. The van der Waals surface area contributed by atoms with E-state index in [1.807, 2.05) is 24.4 Å². The van der Waals surface area contributed by atoms with Gasteiger partial charge in [-0.2, -0.15) is 4.37 Å². The Balaban J connectivity index is 1.73. The standard InChI is InChI=1S/C15H22N2O2S/c1-2-3-4-8-16-9-12(18)11-19-14-6-5-7-15-13(14)10-17-20-15/h5-7,10,12,16,18H,2-4,8-9,11H2,1H3. The van der Waals surface area contributed by atoms with Crippen LogP contribution in [-0.4, -0.2) is 35.3 Å². The third kappa shape index (κ3) is 4.44. The lowest BCUT2D eigenvalue weighted by molar-refractivity contribution is 0.107. The molecule has 0 aliphatic heterocycles. The summed E-state index contributed by atoms with van der Waals surface area (Å²) in [5.74, 6) is 0.793. The van der Waals surface area contributed by atoms with Gasteiger partial charge in [0.15, 0.2) is 0 Å². The lowest BCUT2D eigenvalue weighted by Crippen LogP contribution is -2.32. The number of hydrogen-bond acceptors (Lipinski definition) is 5. The van der Waals surface area contributed by atoms with Gasteiger partial charge in [0.1, 0.15) is 18.5 Å². The van der Waals surface area contributed by atoms with Crippen LogP contribution in [-0.2, 0) is 0 Å². The van der Waals surface area contributed by atoms with Crippen LogP contribution in [0.15, 0.2) is 24.4 Å². The molecular formula is C15H22N2O2S. The van der Waals surface area contributed by atoms with E-state index in [4.69, 9.17) is 4.74 Å². The first-order valence-electron chi connectivity index (χ1n) is 7.16. The summed E-state index contributed by atoms with van der Waals surface area (Å²) in [5, 5.41) is 14.2. The molecule has 1 atom stereocenters. The highest BCUT2D eigenvalue weighted by atomic mass is 32.1. The summed E-state index contributed by atoms with van der Waals surface area (Å²) in [6.07, 6.45) is 4.92. The van der Waals surface area contributed by atoms with Gasteiger partial charge in [-0.15, -0.1) is 0 Å². The molecule has 0 aliphatic rings. The second-order valence-corrected chi connectivity index (χ2v) is 5.70. The normalized spacial score (nSPS) is 12.7. The first-order chi connectivity index (χ1) is 9.81. The van der Waals surface area contributed by atoms with E-state index >= 15 is 0 Å². The van der Waals surface area contributed by atoms with Crippen molar-refractivity contribution in [3.05, 3.63) is 24.4 Å². The molecule has 0 saturated heterocycles. The molecule has 2 aromatic rings. The number of benzene rings is 1. The SMILES string of the molecule is CCCCCNCC(O)COc1cccc2sncc12. The van der Waals surface area contributed by atoms with Gasteiger partial charge in [0.2, 0.25) is 0 Å². The second kappa shape index (κ2) is 8.19. The summed E-state index contributed by atoms with van der Waals surface area (Å²) in [7, 11) is 0. The minimum absolute atomic E-state index is 0.301. The minimum atomic E-state index is -0.488. The molecule has 5 heteroatoms. The molecule has 1 aromatic carbocycles. The van der Waals surface area contributed by atoms with Crippen molar-refractivity contribution < 1.29 is 9.84 Å². The molecule has 20 heavy (non-hydrogen) atoms. The van der Waals surface area contributed by atoms with Crippen LogP contribution in [0.2, 0.25) is 0 Å². The van der Waals surface area contributed by atoms with Crippen molar-refractivity contribution >= 4 is 21.6 Å². The van der Waals surface area contributed by atoms with E-state index in [0.29, 0.717) is 13.2 Å². The quantitative estimate of drug-likeness (QED) is 0.698. The number of aliphatic hydroxyl groups is 1. The molecule has 1 aromatic heterocycles. The zero-order valence-corrected chi connectivity index (χ0v) is 12.7. The van der Waals surface area contributed by atoms with Gasteiger partial charge < -0.3 is 15.2 Å². The number of rotatable bonds is 9. The summed E-state index contributed by atoms with van der Waals surface area (Å²) in [4.78, 5) is 0. The van der Waals surface area contributed by atoms with Crippen LogP contribution in [0.1, 0.15) is 26.2 Å². The Morgan fingerprint density at radius 2 is 2.30 bits per heavy atom. The van der Waals surface area contributed by atoms with E-state index < -0.39 is 6.10 Å². The fourth-order valence-electron chi connectivity index (χ4n) is 2.01. The van der Waals surface area contributed by atoms with Crippen molar-refractivity contribution in [2.45, 2.75) is 32.3 Å². The lowest BCUT2D eigenvalue weighted by atomic mass is 10.2. The monoisotopic (exact) mass is 294 g/mol. The molecule has 1 heterocycles. The lowest BCUT2D eigenvalue weighted by Gasteiger charge is -2.13. The number of aromatic nitrogens is 1. The molecule has 2 rings (SSSR count). The Bertz CT molecular complexity index is 515. The first-order valence-corrected chi connectivity index (χ1v) is 7.93. The number of aliphatic hydroxyl groups excluding tert-OH is 1. The molecule has 2 N–H and O–H groups in total. The largest absolute Gasteiger partial charge is 0.490 e. The van der Waals surface area contributed by atoms with Gasteiger partial charge in [-0.25, -0.2) is 0 Å². The number of nitrogens with zero attached hydrogens (tertiary/aromatic N) is 1. The van der Waals surface area contributed by atoms with Crippen molar-refractivity contribution in [2.75, 3.05) is 19.7 Å². The predicted octanol–water partition coefficient (Wildman–Crippen LogP) is 2.82. The van der Waals surface area contributed by atoms with Crippen LogP contribution in [0.25, 0.3) is 10.1 Å². The fraction of sp³-hybridized carbons (Fsp3) is 0.533. The maximum absolute atomic E-state index is 9.89. The highest BCUT2D eigenvalue weighted by molar-refractivity contribution is 7.13. The van der Waals surface area contributed by atoms with E-state index in [1.54, 1.807) is 0 Å². The van der Waals surface area contributed by atoms with Crippen LogP contribution in [0, 0.1) is 0 Å². The van der Waals surface area contributed by atoms with Gasteiger partial charge in [0, 0.05) is 6.54 Å². The predicted molar refractivity (Wildman–Crippen MR) is 83.5 cm³/mol. The van der Waals surface area contributed by atoms with Crippen molar-refractivity contribution in [1.29, 1.82) is 0 Å². The average molecular weight is 294 g/mol. The molecule has 0 fully saturated rings. The topological polar surface area (TPSA) is 54.4 Å². The van der Waals surface area contributed by atoms with E-state index in [1.165, 1.54) is 24.4 Å². The van der Waals surface area contributed by atoms with Crippen molar-refractivity contribution in [2.24, 2.45) is 0 Å². The van der Waals surface area contributed by atoms with Crippen molar-refractivity contribution in [3.8, 4) is 5.75 Å². The Hall–Kier alpha value is -1.17. The molecule has 0 aliphatic carbocycles. The van der Waals surface area contributed by atoms with Crippen LogP contribution in [0.5, 0.6) is 5.75 Å². The van der Waals surface area contributed by atoms with Gasteiger partial charge in [-0.3, -0.25) is 0 Å². The Kier molecular flexibility index (Phi) is 6.24. The average Bonchev–Trinajstić information content (AvgIpc) is 2.94. The van der Waals surface area contributed by atoms with Gasteiger partial charge in [-0.05, 0) is 36.6 Å². The van der Waals surface area contributed by atoms with Crippen LogP contribution in [0.3, 0.4) is 0 Å². The molecule has 0 bridgehead atoms. The van der Waals surface area contributed by atoms with E-state index in [-0.39, 0.29) is 0 Å². The van der Waals surface area contributed by atoms with Crippen LogP contribution < -0.4 is 10.1 Å². The van der Waals surface area contributed by atoms with Crippen molar-refractivity contribution in [3.63, 3.8) is 0 Å². The first kappa shape index (κ1) is 15.2. The van der Waals surface area contributed by atoms with E-state index in [2.05, 4.69) is 16.6 Å². The molecule has 110 valence electrons. The highest BCUT2D eigenvalue weighted by Gasteiger charge is 2.08. The smallest absolute Gasteiger partial charge is 0.129 e. The third-order valence-electron chi connectivity index (χ3n) is 3.13. The molecule has 0 amide bonds. The summed E-state index contributed by atoms with van der Waals surface area (Å²) in [6.45, 7) is 4.01. The summed E-state index contributed by atoms with van der Waals surface area (Å²) < 4.78 is 11.0. The van der Waals surface area contributed by atoms with E-state index in [0.717, 1.165) is 28.8 Å². The van der Waals surface area contributed by atoms with Crippen LogP contribution in [0.4, 0.5) is 0 Å². The summed E-state index contributed by atoms with van der Waals surface area (Å²) in [5.41, 5.74) is 0. The number of hydrogen-bond donors (Lipinski definition) is 2. The zero-order chi connectivity index (χ0) is 14.2. The van der Waals surface area contributed by atoms with Gasteiger partial charge >= 0.3 is 0 Å². The van der Waals surface area contributed by atoms with Gasteiger partial charge in [0.05, 0.1) is 16.3 Å². The minimum Gasteiger partial charge on any atom is -0.490 e. The molecule has 1 unspecified atom stereocenters. The van der Waals surface area contributed by atoms with Crippen LogP contribution >= 0.6 is 11.5 Å². The summed E-state index contributed by atoms with van der Waals surface area (Å²) >= 11 is 1.45. The second-order valence-electron chi connectivity index (χ2n) is 4.87. The Morgan fingerprint density at radius 1 is 1.40 bits per heavy atom. The number of fused-ring (bicyclic) bond motifs is 1. The molecule has 0 saturated carbocycles. The maximum Gasteiger partial charge on any atom is 0.129 e.